The molecule has 19 heavy (non-hydrogen) atoms. The van der Waals surface area contributed by atoms with Crippen molar-refractivity contribution in [2.24, 2.45) is 5.73 Å². The van der Waals surface area contributed by atoms with Gasteiger partial charge in [0.05, 0.1) is 6.61 Å². The molecule has 1 aromatic heterocycles. The number of rotatable bonds is 6. The molecule has 1 heterocycles. The largest absolute Gasteiger partial charge is 0.484 e. The van der Waals surface area contributed by atoms with Crippen molar-refractivity contribution in [3.8, 4) is 5.75 Å². The van der Waals surface area contributed by atoms with Crippen molar-refractivity contribution in [2.75, 3.05) is 13.7 Å². The van der Waals surface area contributed by atoms with Gasteiger partial charge in [0.15, 0.2) is 0 Å². The summed E-state index contributed by atoms with van der Waals surface area (Å²) in [6.45, 7) is 1.02. The predicted octanol–water partition coefficient (Wildman–Crippen LogP) is 3.74. The van der Waals surface area contributed by atoms with Crippen molar-refractivity contribution in [2.45, 2.75) is 12.7 Å². The van der Waals surface area contributed by atoms with Crippen molar-refractivity contribution >= 4 is 27.3 Å². The lowest BCUT2D eigenvalue weighted by Crippen LogP contribution is -2.17. The Kier molecular flexibility index (Phi) is 5.39. The first-order valence-electron chi connectivity index (χ1n) is 5.91. The Morgan fingerprint density at radius 2 is 2.21 bits per heavy atom. The van der Waals surface area contributed by atoms with E-state index in [2.05, 4.69) is 15.9 Å². The van der Waals surface area contributed by atoms with Crippen LogP contribution < -0.4 is 10.5 Å². The minimum Gasteiger partial charge on any atom is -0.484 e. The molecule has 5 heteroatoms. The summed E-state index contributed by atoms with van der Waals surface area (Å²) in [4.78, 5) is 1.12. The molecular weight excluding hydrogens is 326 g/mol. The van der Waals surface area contributed by atoms with Gasteiger partial charge >= 0.3 is 0 Å². The van der Waals surface area contributed by atoms with Crippen molar-refractivity contribution in [3.63, 3.8) is 0 Å². The first kappa shape index (κ1) is 14.5. The average molecular weight is 342 g/mol. The molecule has 0 aliphatic carbocycles. The summed E-state index contributed by atoms with van der Waals surface area (Å²) in [5.74, 6) is 0.814. The standard InChI is InChI=1S/C14H16BrNO2S/c1-17-8-10-3-2-4-12(5-10)18-13(7-16)14-6-11(15)9-19-14/h2-6,9,13H,7-8,16H2,1H3. The Hall–Kier alpha value is -0.880. The van der Waals surface area contributed by atoms with Crippen LogP contribution in [0.25, 0.3) is 0 Å². The topological polar surface area (TPSA) is 44.5 Å². The number of hydrogen-bond acceptors (Lipinski definition) is 4. The molecule has 0 amide bonds. The molecule has 0 aliphatic heterocycles. The van der Waals surface area contributed by atoms with Gasteiger partial charge < -0.3 is 15.2 Å². The third kappa shape index (κ3) is 4.04. The molecular formula is C14H16BrNO2S. The highest BCUT2D eigenvalue weighted by molar-refractivity contribution is 9.10. The molecule has 0 radical (unpaired) electrons. The fourth-order valence-electron chi connectivity index (χ4n) is 1.76. The molecule has 0 bridgehead atoms. The van der Waals surface area contributed by atoms with Crippen LogP contribution in [0.2, 0.25) is 0 Å². The number of halogens is 1. The van der Waals surface area contributed by atoms with E-state index in [1.54, 1.807) is 18.4 Å². The van der Waals surface area contributed by atoms with Gasteiger partial charge in [-0.2, -0.15) is 0 Å². The van der Waals surface area contributed by atoms with Crippen LogP contribution in [0.15, 0.2) is 40.2 Å². The van der Waals surface area contributed by atoms with Gasteiger partial charge in [-0.15, -0.1) is 11.3 Å². The van der Waals surface area contributed by atoms with Crippen LogP contribution in [0.3, 0.4) is 0 Å². The maximum Gasteiger partial charge on any atom is 0.145 e. The first-order valence-corrected chi connectivity index (χ1v) is 7.58. The van der Waals surface area contributed by atoms with Crippen molar-refractivity contribution in [1.29, 1.82) is 0 Å². The average Bonchev–Trinajstić information content (AvgIpc) is 2.83. The fourth-order valence-corrected chi connectivity index (χ4v) is 3.25. The van der Waals surface area contributed by atoms with E-state index in [0.717, 1.165) is 20.7 Å². The summed E-state index contributed by atoms with van der Waals surface area (Å²) in [6, 6.07) is 9.93. The molecule has 0 aliphatic rings. The van der Waals surface area contributed by atoms with Crippen LogP contribution in [-0.4, -0.2) is 13.7 Å². The van der Waals surface area contributed by atoms with Crippen LogP contribution in [0, 0.1) is 0 Å². The van der Waals surface area contributed by atoms with E-state index in [1.165, 1.54) is 0 Å². The summed E-state index contributed by atoms with van der Waals surface area (Å²) in [6.07, 6.45) is -0.117. The number of hydrogen-bond donors (Lipinski definition) is 1. The van der Waals surface area contributed by atoms with E-state index in [-0.39, 0.29) is 6.10 Å². The Bertz CT molecular complexity index is 530. The molecule has 0 spiro atoms. The highest BCUT2D eigenvalue weighted by atomic mass is 79.9. The number of thiophene rings is 1. The molecule has 1 aromatic carbocycles. The molecule has 0 saturated carbocycles. The van der Waals surface area contributed by atoms with Gasteiger partial charge in [-0.1, -0.05) is 12.1 Å². The molecule has 1 atom stereocenters. The van der Waals surface area contributed by atoms with Crippen molar-refractivity contribution in [1.82, 2.24) is 0 Å². The van der Waals surface area contributed by atoms with Crippen molar-refractivity contribution < 1.29 is 9.47 Å². The summed E-state index contributed by atoms with van der Waals surface area (Å²) in [5.41, 5.74) is 6.89. The van der Waals surface area contributed by atoms with Gasteiger partial charge in [-0.3, -0.25) is 0 Å². The number of ether oxygens (including phenoxy) is 2. The highest BCUT2D eigenvalue weighted by Crippen LogP contribution is 2.29. The third-order valence-corrected chi connectivity index (χ3v) is 4.39. The fraction of sp³-hybridized carbons (Fsp3) is 0.286. The number of methoxy groups -OCH3 is 1. The molecule has 0 fully saturated rings. The van der Waals surface area contributed by atoms with Crippen LogP contribution in [0.1, 0.15) is 16.5 Å². The van der Waals surface area contributed by atoms with Gasteiger partial charge in [0, 0.05) is 28.4 Å². The van der Waals surface area contributed by atoms with Gasteiger partial charge in [-0.25, -0.2) is 0 Å². The summed E-state index contributed by atoms with van der Waals surface area (Å²) in [7, 11) is 1.68. The molecule has 1 unspecified atom stereocenters. The first-order chi connectivity index (χ1) is 9.22. The smallest absolute Gasteiger partial charge is 0.145 e. The highest BCUT2D eigenvalue weighted by Gasteiger charge is 2.14. The lowest BCUT2D eigenvalue weighted by Gasteiger charge is -2.16. The van der Waals surface area contributed by atoms with E-state index in [4.69, 9.17) is 15.2 Å². The van der Waals surface area contributed by atoms with E-state index in [0.29, 0.717) is 13.2 Å². The van der Waals surface area contributed by atoms with Crippen LogP contribution in [-0.2, 0) is 11.3 Å². The summed E-state index contributed by atoms with van der Waals surface area (Å²) >= 11 is 5.08. The quantitative estimate of drug-likeness (QED) is 0.870. The zero-order chi connectivity index (χ0) is 13.7. The van der Waals surface area contributed by atoms with Gasteiger partial charge in [-0.05, 0) is 39.7 Å². The second-order valence-corrected chi connectivity index (χ2v) is 5.95. The summed E-state index contributed by atoms with van der Waals surface area (Å²) < 4.78 is 12.1. The third-order valence-electron chi connectivity index (χ3n) is 2.61. The minimum absolute atomic E-state index is 0.117. The Labute approximate surface area is 125 Å². The zero-order valence-electron chi connectivity index (χ0n) is 10.6. The van der Waals surface area contributed by atoms with Crippen LogP contribution >= 0.6 is 27.3 Å². The second-order valence-electron chi connectivity index (χ2n) is 4.09. The molecule has 2 aromatic rings. The molecule has 102 valence electrons. The van der Waals surface area contributed by atoms with E-state index >= 15 is 0 Å². The van der Waals surface area contributed by atoms with Crippen LogP contribution in [0.4, 0.5) is 0 Å². The lowest BCUT2D eigenvalue weighted by atomic mass is 10.2. The van der Waals surface area contributed by atoms with E-state index in [9.17, 15) is 0 Å². The van der Waals surface area contributed by atoms with Gasteiger partial charge in [0.1, 0.15) is 11.9 Å². The van der Waals surface area contributed by atoms with E-state index in [1.807, 2.05) is 35.7 Å². The normalized spacial score (nSPS) is 12.4. The molecule has 2 rings (SSSR count). The van der Waals surface area contributed by atoms with Crippen LogP contribution in [0.5, 0.6) is 5.75 Å². The van der Waals surface area contributed by atoms with E-state index < -0.39 is 0 Å². The minimum atomic E-state index is -0.117. The molecule has 0 saturated heterocycles. The predicted molar refractivity (Wildman–Crippen MR) is 81.6 cm³/mol. The number of nitrogens with two attached hydrogens (primary N) is 1. The van der Waals surface area contributed by atoms with Gasteiger partial charge in [0.2, 0.25) is 0 Å². The Morgan fingerprint density at radius 1 is 1.37 bits per heavy atom. The maximum atomic E-state index is 5.96. The zero-order valence-corrected chi connectivity index (χ0v) is 13.0. The molecule has 3 nitrogen and oxygen atoms in total. The van der Waals surface area contributed by atoms with Crippen molar-refractivity contribution in [3.05, 3.63) is 50.6 Å². The second kappa shape index (κ2) is 7.05. The number of benzene rings is 1. The Balaban J connectivity index is 2.11. The maximum absolute atomic E-state index is 5.96. The lowest BCUT2D eigenvalue weighted by molar-refractivity contribution is 0.183. The summed E-state index contributed by atoms with van der Waals surface area (Å²) in [5, 5.41) is 2.03. The molecule has 2 N–H and O–H groups in total. The monoisotopic (exact) mass is 341 g/mol. The Morgan fingerprint density at radius 3 is 2.84 bits per heavy atom. The SMILES string of the molecule is COCc1cccc(OC(CN)c2cc(Br)cs2)c1. The van der Waals surface area contributed by atoms with Gasteiger partial charge in [0.25, 0.3) is 0 Å².